The van der Waals surface area contributed by atoms with Crippen molar-refractivity contribution in [3.8, 4) is 12.1 Å². The van der Waals surface area contributed by atoms with Crippen molar-refractivity contribution in [1.29, 1.82) is 10.5 Å². The molecule has 42 heavy (non-hydrogen) atoms. The highest BCUT2D eigenvalue weighted by Gasteiger charge is 2.27. The summed E-state index contributed by atoms with van der Waals surface area (Å²) in [5, 5.41) is 28.3. The summed E-state index contributed by atoms with van der Waals surface area (Å²) in [4.78, 5) is 4.44. The van der Waals surface area contributed by atoms with Crippen LogP contribution in [0, 0.1) is 28.5 Å². The average molecular weight is 582 g/mol. The maximum absolute atomic E-state index is 13.8. The molecule has 1 aliphatic rings. The topological polar surface area (TPSA) is 140 Å². The van der Waals surface area contributed by atoms with Crippen molar-refractivity contribution in [2.75, 3.05) is 10.6 Å². The van der Waals surface area contributed by atoms with Crippen molar-refractivity contribution < 1.29 is 5.76 Å². The van der Waals surface area contributed by atoms with E-state index in [4.69, 9.17) is 23.2 Å². The van der Waals surface area contributed by atoms with Gasteiger partial charge in [-0.1, -0.05) is 54.1 Å². The quantitative estimate of drug-likeness (QED) is 0.114. The Kier molecular flexibility index (Phi) is 8.32. The monoisotopic (exact) mass is 581 g/mol. The lowest BCUT2D eigenvalue weighted by Crippen LogP contribution is -2.30. The number of anilines is 2. The number of nitrogens with two attached hydrogens (primary N) is 2. The summed E-state index contributed by atoms with van der Waals surface area (Å²) in [7, 11) is 0. The molecule has 0 bridgehead atoms. The summed E-state index contributed by atoms with van der Waals surface area (Å²) < 4.78 is 23.3. The molecule has 0 radical (unpaired) electrons. The van der Waals surface area contributed by atoms with Crippen LogP contribution in [-0.4, -0.2) is 16.0 Å². The number of nitrogens with zero attached hydrogens (tertiary/aromatic N) is 4. The molecule has 4 aromatic rings. The molecule has 1 saturated carbocycles. The normalized spacial score (nSPS) is 15.5. The number of rotatable bonds is 11. The number of halogens is 2. The van der Waals surface area contributed by atoms with Crippen molar-refractivity contribution in [2.45, 2.75) is 43.8 Å². The van der Waals surface area contributed by atoms with Crippen LogP contribution in [0.1, 0.15) is 55.8 Å². The predicted octanol–water partition coefficient (Wildman–Crippen LogP) is 6.65. The molecular weight excluding hydrogens is 551 g/mol. The van der Waals surface area contributed by atoms with Crippen LogP contribution >= 0.6 is 11.6 Å². The Morgan fingerprint density at radius 1 is 1.14 bits per heavy atom. The summed E-state index contributed by atoms with van der Waals surface area (Å²) in [6.07, 6.45) is 5.63. The second-order valence-electron chi connectivity index (χ2n) is 10.1. The maximum atomic E-state index is 13.8. The summed E-state index contributed by atoms with van der Waals surface area (Å²) >= 11 is 6.74. The lowest BCUT2D eigenvalue weighted by atomic mass is 10.00. The summed E-state index contributed by atoms with van der Waals surface area (Å²) in [6.45, 7) is 0. The van der Waals surface area contributed by atoms with E-state index in [0.717, 1.165) is 18.4 Å². The van der Waals surface area contributed by atoms with Gasteiger partial charge in [-0.25, -0.2) is 10.2 Å². The van der Waals surface area contributed by atoms with Crippen molar-refractivity contribution in [1.82, 2.24) is 9.99 Å². The maximum Gasteiger partial charge on any atom is 0.123 e. The molecule has 1 aliphatic carbocycles. The van der Waals surface area contributed by atoms with E-state index in [1.165, 1.54) is 41.7 Å². The van der Waals surface area contributed by atoms with Gasteiger partial charge < -0.3 is 21.4 Å². The van der Waals surface area contributed by atoms with E-state index in [0.29, 0.717) is 40.7 Å². The number of hydrazine groups is 1. The molecule has 2 atom stereocenters. The van der Waals surface area contributed by atoms with Gasteiger partial charge in [0.15, 0.2) is 0 Å². The Morgan fingerprint density at radius 3 is 2.55 bits per heavy atom. The summed E-state index contributed by atoms with van der Waals surface area (Å²) in [5.41, 5.74) is 9.57. The number of fused-ring (bicyclic) bond motifs is 1. The van der Waals surface area contributed by atoms with Crippen LogP contribution in [0.3, 0.4) is 0 Å². The van der Waals surface area contributed by atoms with Gasteiger partial charge in [0.1, 0.15) is 11.9 Å². The van der Waals surface area contributed by atoms with Gasteiger partial charge in [-0.15, -0.1) is 0 Å². The molecule has 0 spiro atoms. The van der Waals surface area contributed by atoms with Crippen LogP contribution in [-0.2, 0) is 0 Å². The van der Waals surface area contributed by atoms with Crippen molar-refractivity contribution >= 4 is 33.9 Å². The standard InChI is InChI=1S/C32H30ClFN8/c33-27-16-24(40-31(21-8-10-23(34)11-9-21)28(37)19-42(38)25-12-13-25)15-26-30(22(17-36)18-39-32(26)27)41-29(7-4-14-35)20-5-2-1-3-6-20/h1-3,5-6,8-11,15-16,18-19,25,29,31,40H,4,7,12-13,37-38H2,(H,39,41)/b28-19-/t29?,31-/m0/s1/i31D. The van der Waals surface area contributed by atoms with Crippen LogP contribution in [0.15, 0.2) is 84.8 Å². The van der Waals surface area contributed by atoms with Gasteiger partial charge in [-0.05, 0) is 54.7 Å². The summed E-state index contributed by atoms with van der Waals surface area (Å²) in [5.74, 6) is 5.72. The minimum Gasteiger partial charge on any atom is -0.399 e. The third-order valence-electron chi connectivity index (χ3n) is 7.06. The van der Waals surface area contributed by atoms with Crippen LogP contribution in [0.4, 0.5) is 15.8 Å². The average Bonchev–Trinajstić information content (AvgIpc) is 3.86. The fraction of sp³-hybridized carbons (Fsp3) is 0.219. The fourth-order valence-electron chi connectivity index (χ4n) is 4.74. The lowest BCUT2D eigenvalue weighted by molar-refractivity contribution is 0.378. The van der Waals surface area contributed by atoms with Gasteiger partial charge in [0, 0.05) is 35.9 Å². The summed E-state index contributed by atoms with van der Waals surface area (Å²) in [6, 6.07) is 21.0. The van der Waals surface area contributed by atoms with Crippen molar-refractivity contribution in [3.05, 3.63) is 112 Å². The molecule has 10 heteroatoms. The molecule has 0 saturated heterocycles. The minimum atomic E-state index is -1.76. The highest BCUT2D eigenvalue weighted by Crippen LogP contribution is 2.37. The molecule has 5 rings (SSSR count). The minimum absolute atomic E-state index is 0.0904. The second kappa shape index (κ2) is 12.8. The molecule has 1 fully saturated rings. The molecule has 1 aromatic heterocycles. The Bertz CT molecular complexity index is 1730. The van der Waals surface area contributed by atoms with Crippen LogP contribution in [0.25, 0.3) is 10.9 Å². The van der Waals surface area contributed by atoms with Gasteiger partial charge in [0.2, 0.25) is 0 Å². The number of benzene rings is 3. The van der Waals surface area contributed by atoms with Crippen LogP contribution < -0.4 is 22.2 Å². The number of hydrogen-bond acceptors (Lipinski definition) is 8. The molecule has 8 nitrogen and oxygen atoms in total. The zero-order valence-corrected chi connectivity index (χ0v) is 23.4. The highest BCUT2D eigenvalue weighted by atomic mass is 35.5. The molecular formula is C32H30ClFN8. The largest absolute Gasteiger partial charge is 0.399 e. The molecule has 0 amide bonds. The molecule has 3 aromatic carbocycles. The number of nitrogens with one attached hydrogen (secondary N) is 2. The first-order chi connectivity index (χ1) is 20.7. The van der Waals surface area contributed by atoms with E-state index in [1.807, 2.05) is 30.3 Å². The van der Waals surface area contributed by atoms with Gasteiger partial charge in [-0.3, -0.25) is 4.98 Å². The first-order valence-corrected chi connectivity index (χ1v) is 13.9. The van der Waals surface area contributed by atoms with Gasteiger partial charge >= 0.3 is 0 Å². The van der Waals surface area contributed by atoms with E-state index < -0.39 is 11.8 Å². The Labute approximate surface area is 250 Å². The third kappa shape index (κ3) is 6.55. The van der Waals surface area contributed by atoms with Crippen LogP contribution in [0.5, 0.6) is 0 Å². The zero-order chi connectivity index (χ0) is 30.6. The van der Waals surface area contributed by atoms with E-state index in [9.17, 15) is 16.3 Å². The lowest BCUT2D eigenvalue weighted by Gasteiger charge is -2.25. The molecule has 1 heterocycles. The molecule has 1 unspecified atom stereocenters. The Balaban J connectivity index is 1.61. The van der Waals surface area contributed by atoms with Crippen molar-refractivity contribution in [3.63, 3.8) is 0 Å². The van der Waals surface area contributed by atoms with Gasteiger partial charge in [-0.2, -0.15) is 10.5 Å². The first-order valence-electron chi connectivity index (χ1n) is 14.0. The van der Waals surface area contributed by atoms with E-state index in [-0.39, 0.29) is 28.4 Å². The Morgan fingerprint density at radius 2 is 1.88 bits per heavy atom. The molecule has 0 aliphatic heterocycles. The SMILES string of the molecule is [2H][C@@](Nc1cc(Cl)c2ncc(C#N)c(NC(CCC#N)c3ccccc3)c2c1)(/C(N)=C/N(N)C1CC1)c1ccc(F)cc1. The number of aromatic nitrogens is 1. The highest BCUT2D eigenvalue weighted by molar-refractivity contribution is 6.35. The molecule has 212 valence electrons. The second-order valence-corrected chi connectivity index (χ2v) is 10.5. The molecule has 6 N–H and O–H groups in total. The van der Waals surface area contributed by atoms with Gasteiger partial charge in [0.05, 0.1) is 47.0 Å². The smallest absolute Gasteiger partial charge is 0.123 e. The third-order valence-corrected chi connectivity index (χ3v) is 7.35. The van der Waals surface area contributed by atoms with Crippen LogP contribution in [0.2, 0.25) is 5.02 Å². The van der Waals surface area contributed by atoms with Crippen molar-refractivity contribution in [2.24, 2.45) is 11.6 Å². The predicted molar refractivity (Wildman–Crippen MR) is 163 cm³/mol. The fourth-order valence-corrected chi connectivity index (χ4v) is 5.01. The number of nitriles is 2. The van der Waals surface area contributed by atoms with E-state index in [1.54, 1.807) is 12.1 Å². The van der Waals surface area contributed by atoms with E-state index >= 15 is 0 Å². The van der Waals surface area contributed by atoms with Gasteiger partial charge in [0.25, 0.3) is 0 Å². The number of pyridine rings is 1. The zero-order valence-electron chi connectivity index (χ0n) is 23.7. The first kappa shape index (κ1) is 27.3. The van der Waals surface area contributed by atoms with E-state index in [2.05, 4.69) is 27.8 Å². The Hall–Kier alpha value is -4.83. The number of hydrogen-bond donors (Lipinski definition) is 4.